The van der Waals surface area contributed by atoms with Crippen molar-refractivity contribution in [2.24, 2.45) is 11.8 Å². The monoisotopic (exact) mass is 546 g/mol. The molecule has 39 heavy (non-hydrogen) atoms. The first-order valence-electron chi connectivity index (χ1n) is 13.4. The van der Waals surface area contributed by atoms with Gasteiger partial charge in [-0.3, -0.25) is 20.2 Å². The number of benzene rings is 2. The summed E-state index contributed by atoms with van der Waals surface area (Å²) in [5.74, 6) is 1.09. The van der Waals surface area contributed by atoms with E-state index in [-0.39, 0.29) is 16.3 Å². The minimum absolute atomic E-state index is 0.174. The smallest absolute Gasteiger partial charge is 0.272 e. The van der Waals surface area contributed by atoms with Gasteiger partial charge in [-0.25, -0.2) is 4.39 Å². The Morgan fingerprint density at radius 2 is 1.31 bits per heavy atom. The number of nitro benzene ring substituents is 2. The minimum Gasteiger partial charge on any atom is -0.371 e. The highest BCUT2D eigenvalue weighted by Gasteiger charge is 2.21. The fourth-order valence-electron chi connectivity index (χ4n) is 4.86. The van der Waals surface area contributed by atoms with Crippen molar-refractivity contribution in [3.8, 4) is 0 Å². The number of nitrogens with zero attached hydrogens (tertiary/aromatic N) is 5. The van der Waals surface area contributed by atoms with Crippen molar-refractivity contribution in [3.63, 3.8) is 0 Å². The van der Waals surface area contributed by atoms with E-state index < -0.39 is 10.7 Å². The highest BCUT2D eigenvalue weighted by molar-refractivity contribution is 5.53. The van der Waals surface area contributed by atoms with Gasteiger partial charge in [-0.15, -0.1) is 0 Å². The Labute approximate surface area is 231 Å². The number of anilines is 1. The van der Waals surface area contributed by atoms with E-state index in [0.29, 0.717) is 0 Å². The minimum atomic E-state index is -0.636. The number of nitrogens with one attached hydrogen (secondary N) is 1. The van der Waals surface area contributed by atoms with E-state index in [1.165, 1.54) is 44.6 Å². The molecule has 2 aromatic rings. The van der Waals surface area contributed by atoms with Gasteiger partial charge < -0.3 is 20.0 Å². The number of rotatable bonds is 7. The van der Waals surface area contributed by atoms with Crippen LogP contribution in [0, 0.1) is 37.9 Å². The van der Waals surface area contributed by atoms with Crippen molar-refractivity contribution >= 4 is 17.1 Å². The maximum absolute atomic E-state index is 12.2. The predicted molar refractivity (Wildman–Crippen MR) is 154 cm³/mol. The lowest BCUT2D eigenvalue weighted by molar-refractivity contribution is -0.385. The van der Waals surface area contributed by atoms with Gasteiger partial charge in [0, 0.05) is 50.1 Å². The summed E-state index contributed by atoms with van der Waals surface area (Å²) in [5, 5.41) is 24.2. The Morgan fingerprint density at radius 1 is 0.821 bits per heavy atom. The van der Waals surface area contributed by atoms with Crippen molar-refractivity contribution in [3.05, 3.63) is 74.6 Å². The lowest BCUT2D eigenvalue weighted by Gasteiger charge is -2.34. The quantitative estimate of drug-likeness (QED) is 0.395. The van der Waals surface area contributed by atoms with Gasteiger partial charge in [0.1, 0.15) is 5.82 Å². The molecule has 0 atom stereocenters. The summed E-state index contributed by atoms with van der Waals surface area (Å²) in [6, 6.07) is 11.5. The fourth-order valence-corrected chi connectivity index (χ4v) is 4.86. The van der Waals surface area contributed by atoms with Gasteiger partial charge in [0.05, 0.1) is 15.9 Å². The Morgan fingerprint density at radius 3 is 1.77 bits per heavy atom. The molecule has 0 amide bonds. The number of hydrogen-bond donors (Lipinski definition) is 1. The molecule has 1 N–H and O–H groups in total. The molecule has 2 aromatic carbocycles. The first kappa shape index (κ1) is 32.1. The highest BCUT2D eigenvalue weighted by Crippen LogP contribution is 2.26. The Kier molecular flexibility index (Phi) is 13.8. The number of hydrogen-bond acceptors (Lipinski definition) is 8. The first-order chi connectivity index (χ1) is 18.5. The van der Waals surface area contributed by atoms with Crippen LogP contribution in [0.2, 0.25) is 0 Å². The van der Waals surface area contributed by atoms with Gasteiger partial charge in [-0.2, -0.15) is 0 Å². The van der Waals surface area contributed by atoms with E-state index in [4.69, 9.17) is 0 Å². The number of nitro groups is 2. The van der Waals surface area contributed by atoms with Crippen LogP contribution in [0.3, 0.4) is 0 Å². The van der Waals surface area contributed by atoms with Crippen LogP contribution in [0.15, 0.2) is 48.5 Å². The van der Waals surface area contributed by atoms with Gasteiger partial charge in [0.15, 0.2) is 0 Å². The molecule has 2 saturated heterocycles. The summed E-state index contributed by atoms with van der Waals surface area (Å²) < 4.78 is 12.2. The lowest BCUT2D eigenvalue weighted by atomic mass is 9.96. The second-order valence-electron chi connectivity index (χ2n) is 10.7. The van der Waals surface area contributed by atoms with Crippen LogP contribution in [-0.2, 0) is 0 Å². The van der Waals surface area contributed by atoms with Gasteiger partial charge in [-0.05, 0) is 90.9 Å². The van der Waals surface area contributed by atoms with Crippen molar-refractivity contribution in [1.82, 2.24) is 15.1 Å². The van der Waals surface area contributed by atoms with Crippen LogP contribution < -0.4 is 10.2 Å². The van der Waals surface area contributed by atoms with Crippen LogP contribution >= 0.6 is 0 Å². The summed E-state index contributed by atoms with van der Waals surface area (Å²) in [7, 11) is 8.52. The maximum Gasteiger partial charge on any atom is 0.272 e. The van der Waals surface area contributed by atoms with Crippen molar-refractivity contribution < 1.29 is 14.2 Å². The third kappa shape index (κ3) is 12.5. The molecule has 0 aromatic heterocycles. The maximum atomic E-state index is 12.2. The Balaban J connectivity index is 0.000000225. The predicted octanol–water partition coefficient (Wildman–Crippen LogP) is 4.65. The van der Waals surface area contributed by atoms with Crippen molar-refractivity contribution in [1.29, 1.82) is 0 Å². The van der Waals surface area contributed by atoms with Crippen LogP contribution in [0.1, 0.15) is 25.7 Å². The summed E-state index contributed by atoms with van der Waals surface area (Å²) in [6.45, 7) is 6.81. The summed E-state index contributed by atoms with van der Waals surface area (Å²) in [4.78, 5) is 26.6. The van der Waals surface area contributed by atoms with E-state index in [9.17, 15) is 24.6 Å². The molecule has 216 valence electrons. The summed E-state index contributed by atoms with van der Waals surface area (Å²) in [6.07, 6.45) is 5.03. The summed E-state index contributed by atoms with van der Waals surface area (Å²) >= 11 is 0. The molecule has 10 nitrogen and oxygen atoms in total. The molecular weight excluding hydrogens is 503 g/mol. The van der Waals surface area contributed by atoms with Gasteiger partial charge in [0.25, 0.3) is 11.4 Å². The molecule has 0 saturated carbocycles. The van der Waals surface area contributed by atoms with E-state index in [1.54, 1.807) is 18.2 Å². The van der Waals surface area contributed by atoms with Crippen molar-refractivity contribution in [2.75, 3.05) is 72.4 Å². The van der Waals surface area contributed by atoms with Gasteiger partial charge in [0.2, 0.25) is 0 Å². The molecule has 0 radical (unpaired) electrons. The van der Waals surface area contributed by atoms with E-state index in [0.717, 1.165) is 62.1 Å². The molecule has 2 heterocycles. The average molecular weight is 547 g/mol. The highest BCUT2D eigenvalue weighted by atomic mass is 19.1. The standard InChI is InChI=1S/C14H21N3O2.C8H18N2.C6H4FNO2/c1-15(2)11-12-6-8-16(9-7-12)13-4-3-5-14(10-13)17(18)19;1-10(2)7-8-3-5-9-6-4-8;7-5-2-1-3-6(4-5)8(9)10/h3-5,10,12H,6-9,11H2,1-2H3;8-9H,3-7H2,1-2H3;1-4H. The first-order valence-corrected chi connectivity index (χ1v) is 13.4. The molecule has 0 unspecified atom stereocenters. The van der Waals surface area contributed by atoms with Crippen LogP contribution in [0.25, 0.3) is 0 Å². The van der Waals surface area contributed by atoms with Crippen molar-refractivity contribution in [2.45, 2.75) is 25.7 Å². The molecule has 2 fully saturated rings. The van der Waals surface area contributed by atoms with Crippen LogP contribution in [0.4, 0.5) is 21.5 Å². The lowest BCUT2D eigenvalue weighted by Crippen LogP contribution is -2.37. The fraction of sp³-hybridized carbons (Fsp3) is 0.571. The Bertz CT molecular complexity index is 1020. The van der Waals surface area contributed by atoms with Crippen LogP contribution in [-0.4, -0.2) is 87.1 Å². The SMILES string of the molecule is CN(C)CC1CCN(c2cccc([N+](=O)[O-])c2)CC1.CN(C)CC1CCNCC1.O=[N+]([O-])c1cccc(F)c1. The summed E-state index contributed by atoms with van der Waals surface area (Å²) in [5.41, 5.74) is 0.922. The topological polar surface area (TPSA) is 108 Å². The van der Waals surface area contributed by atoms with E-state index in [2.05, 4.69) is 48.2 Å². The zero-order valence-electron chi connectivity index (χ0n) is 23.6. The van der Waals surface area contributed by atoms with Crippen LogP contribution in [0.5, 0.6) is 0 Å². The molecule has 4 rings (SSSR count). The average Bonchev–Trinajstić information content (AvgIpc) is 2.90. The molecule has 11 heteroatoms. The third-order valence-electron chi connectivity index (χ3n) is 6.74. The number of halogens is 1. The second-order valence-corrected chi connectivity index (χ2v) is 10.7. The Hall–Kier alpha value is -3.15. The number of piperidine rings is 2. The molecule has 0 aliphatic carbocycles. The molecule has 2 aliphatic rings. The van der Waals surface area contributed by atoms with Gasteiger partial charge in [-0.1, -0.05) is 12.1 Å². The van der Waals surface area contributed by atoms with E-state index >= 15 is 0 Å². The molecule has 0 spiro atoms. The molecular formula is C28H43FN6O4. The zero-order valence-corrected chi connectivity index (χ0v) is 23.6. The normalized spacial score (nSPS) is 16.2. The van der Waals surface area contributed by atoms with E-state index in [1.807, 2.05) is 6.07 Å². The largest absolute Gasteiger partial charge is 0.371 e. The molecule has 2 aliphatic heterocycles. The van der Waals surface area contributed by atoms with Gasteiger partial charge >= 0.3 is 0 Å². The zero-order chi connectivity index (χ0) is 28.8. The third-order valence-corrected chi connectivity index (χ3v) is 6.74. The number of non-ortho nitro benzene ring substituents is 2. The second kappa shape index (κ2) is 16.7. The molecule has 0 bridgehead atoms.